The zero-order valence-electron chi connectivity index (χ0n) is 12.8. The van der Waals surface area contributed by atoms with E-state index in [0.717, 1.165) is 5.56 Å². The average Bonchev–Trinajstić information content (AvgIpc) is 2.55. The van der Waals surface area contributed by atoms with Crippen LogP contribution in [0.3, 0.4) is 0 Å². The third kappa shape index (κ3) is 2.78. The van der Waals surface area contributed by atoms with Crippen LogP contribution in [-0.4, -0.2) is 33.7 Å². The number of ether oxygens (including phenoxy) is 2. The van der Waals surface area contributed by atoms with Gasteiger partial charge in [-0.05, 0) is 19.1 Å². The van der Waals surface area contributed by atoms with Gasteiger partial charge in [0.15, 0.2) is 11.2 Å². The first kappa shape index (κ1) is 14.8. The molecule has 118 valence electrons. The van der Waals surface area contributed by atoms with Crippen LogP contribution in [0.4, 0.5) is 11.6 Å². The maximum atomic E-state index is 5.83. The Kier molecular flexibility index (Phi) is 3.80. The molecule has 8 heteroatoms. The summed E-state index contributed by atoms with van der Waals surface area (Å²) in [5.41, 5.74) is 14.3. The van der Waals surface area contributed by atoms with Gasteiger partial charge in [0.05, 0.1) is 31.3 Å². The van der Waals surface area contributed by atoms with Crippen LogP contribution in [-0.2, 0) is 0 Å². The largest absolute Gasteiger partial charge is 0.495 e. The van der Waals surface area contributed by atoms with Crippen molar-refractivity contribution in [3.63, 3.8) is 0 Å². The van der Waals surface area contributed by atoms with Crippen LogP contribution in [0, 0.1) is 0 Å². The number of nitrogens with two attached hydrogens (primary N) is 2. The molecule has 1 aromatic carbocycles. The van der Waals surface area contributed by atoms with Gasteiger partial charge >= 0.3 is 0 Å². The van der Waals surface area contributed by atoms with E-state index in [9.17, 15) is 0 Å². The fourth-order valence-electron chi connectivity index (χ4n) is 2.15. The van der Waals surface area contributed by atoms with Crippen LogP contribution in [0.25, 0.3) is 22.4 Å². The van der Waals surface area contributed by atoms with Crippen LogP contribution in [0.1, 0.15) is 6.92 Å². The van der Waals surface area contributed by atoms with Gasteiger partial charge in [0.25, 0.3) is 0 Å². The SMILES string of the molecule is CCOc1nc(N)nc2ncc(-c3ccc(N)c(OC)c3)nc12. The summed E-state index contributed by atoms with van der Waals surface area (Å²) in [6.07, 6.45) is 1.61. The van der Waals surface area contributed by atoms with E-state index in [4.69, 9.17) is 20.9 Å². The molecule has 3 rings (SSSR count). The number of benzene rings is 1. The van der Waals surface area contributed by atoms with E-state index in [1.807, 2.05) is 13.0 Å². The minimum atomic E-state index is 0.0946. The number of rotatable bonds is 4. The molecule has 0 atom stereocenters. The highest BCUT2D eigenvalue weighted by Gasteiger charge is 2.13. The topological polar surface area (TPSA) is 122 Å². The molecule has 0 radical (unpaired) electrons. The molecule has 3 aromatic rings. The van der Waals surface area contributed by atoms with Gasteiger partial charge < -0.3 is 20.9 Å². The minimum Gasteiger partial charge on any atom is -0.495 e. The first-order valence-corrected chi connectivity index (χ1v) is 6.99. The molecule has 23 heavy (non-hydrogen) atoms. The summed E-state index contributed by atoms with van der Waals surface area (Å²) in [5.74, 6) is 0.979. The van der Waals surface area contributed by atoms with Crippen molar-refractivity contribution in [2.45, 2.75) is 6.92 Å². The minimum absolute atomic E-state index is 0.0946. The van der Waals surface area contributed by atoms with Gasteiger partial charge in [-0.2, -0.15) is 9.97 Å². The van der Waals surface area contributed by atoms with Gasteiger partial charge in [0.2, 0.25) is 11.8 Å². The second-order valence-corrected chi connectivity index (χ2v) is 4.70. The van der Waals surface area contributed by atoms with E-state index in [2.05, 4.69) is 19.9 Å². The maximum absolute atomic E-state index is 5.83. The summed E-state index contributed by atoms with van der Waals surface area (Å²) in [7, 11) is 1.56. The van der Waals surface area contributed by atoms with Gasteiger partial charge in [0.1, 0.15) is 5.75 Å². The lowest BCUT2D eigenvalue weighted by Crippen LogP contribution is -2.04. The average molecular weight is 312 g/mol. The molecule has 2 heterocycles. The van der Waals surface area contributed by atoms with Gasteiger partial charge in [-0.1, -0.05) is 6.07 Å². The molecule has 0 spiro atoms. The summed E-state index contributed by atoms with van der Waals surface area (Å²) >= 11 is 0. The fourth-order valence-corrected chi connectivity index (χ4v) is 2.15. The van der Waals surface area contributed by atoms with E-state index in [-0.39, 0.29) is 5.95 Å². The molecule has 2 aromatic heterocycles. The van der Waals surface area contributed by atoms with Crippen LogP contribution >= 0.6 is 0 Å². The Labute approximate surface area is 132 Å². The van der Waals surface area contributed by atoms with Crippen molar-refractivity contribution in [2.24, 2.45) is 0 Å². The van der Waals surface area contributed by atoms with E-state index in [1.165, 1.54) is 0 Å². The Morgan fingerprint density at radius 3 is 2.70 bits per heavy atom. The molecule has 0 saturated heterocycles. The summed E-state index contributed by atoms with van der Waals surface area (Å²) in [5, 5.41) is 0. The highest BCUT2D eigenvalue weighted by molar-refractivity contribution is 5.79. The van der Waals surface area contributed by atoms with Gasteiger partial charge in [0, 0.05) is 5.56 Å². The van der Waals surface area contributed by atoms with E-state index < -0.39 is 0 Å². The van der Waals surface area contributed by atoms with Gasteiger partial charge in [-0.15, -0.1) is 0 Å². The molecule has 0 aliphatic heterocycles. The summed E-state index contributed by atoms with van der Waals surface area (Å²) < 4.78 is 10.7. The molecule has 0 aliphatic rings. The standard InChI is InChI=1S/C15H16N6O2/c1-3-23-14-12-13(20-15(17)21-14)18-7-10(19-12)8-4-5-9(16)11(6-8)22-2/h4-7H,3,16H2,1-2H3,(H2,17,18,20,21). The molecular weight excluding hydrogens is 296 g/mol. The Balaban J connectivity index is 2.16. The summed E-state index contributed by atoms with van der Waals surface area (Å²) in [6.45, 7) is 2.29. The highest BCUT2D eigenvalue weighted by atomic mass is 16.5. The van der Waals surface area contributed by atoms with Crippen molar-refractivity contribution in [2.75, 3.05) is 25.2 Å². The molecule has 0 saturated carbocycles. The number of hydrogen-bond acceptors (Lipinski definition) is 8. The molecule has 0 unspecified atom stereocenters. The maximum Gasteiger partial charge on any atom is 0.247 e. The van der Waals surface area contributed by atoms with E-state index in [1.54, 1.807) is 25.4 Å². The number of hydrogen-bond donors (Lipinski definition) is 2. The number of nitrogens with zero attached hydrogens (tertiary/aromatic N) is 4. The Bertz CT molecular complexity index is 868. The van der Waals surface area contributed by atoms with Crippen molar-refractivity contribution in [3.8, 4) is 22.9 Å². The zero-order valence-corrected chi connectivity index (χ0v) is 12.8. The second-order valence-electron chi connectivity index (χ2n) is 4.70. The molecule has 0 fully saturated rings. The first-order chi connectivity index (χ1) is 11.1. The van der Waals surface area contributed by atoms with Crippen LogP contribution in [0.2, 0.25) is 0 Å². The molecule has 8 nitrogen and oxygen atoms in total. The predicted octanol–water partition coefficient (Wildman–Crippen LogP) is 1.66. The number of anilines is 2. The van der Waals surface area contributed by atoms with Crippen LogP contribution in [0.5, 0.6) is 11.6 Å². The monoisotopic (exact) mass is 312 g/mol. The smallest absolute Gasteiger partial charge is 0.247 e. The third-order valence-corrected chi connectivity index (χ3v) is 3.20. The van der Waals surface area contributed by atoms with Crippen LogP contribution in [0.15, 0.2) is 24.4 Å². The Morgan fingerprint density at radius 2 is 1.96 bits per heavy atom. The van der Waals surface area contributed by atoms with Crippen LogP contribution < -0.4 is 20.9 Å². The Hall–Kier alpha value is -3.16. The number of aromatic nitrogens is 4. The lowest BCUT2D eigenvalue weighted by molar-refractivity contribution is 0.330. The molecule has 4 N–H and O–H groups in total. The van der Waals surface area contributed by atoms with Crippen molar-refractivity contribution >= 4 is 22.8 Å². The molecule has 0 amide bonds. The summed E-state index contributed by atoms with van der Waals surface area (Å²) in [4.78, 5) is 17.0. The number of methoxy groups -OCH3 is 1. The van der Waals surface area contributed by atoms with Gasteiger partial charge in [-0.25, -0.2) is 9.97 Å². The number of fused-ring (bicyclic) bond motifs is 1. The van der Waals surface area contributed by atoms with Crippen molar-refractivity contribution in [1.29, 1.82) is 0 Å². The zero-order chi connectivity index (χ0) is 16.4. The normalized spacial score (nSPS) is 10.7. The fraction of sp³-hybridized carbons (Fsp3) is 0.200. The Morgan fingerprint density at radius 1 is 1.13 bits per heavy atom. The first-order valence-electron chi connectivity index (χ1n) is 6.99. The van der Waals surface area contributed by atoms with Crippen molar-refractivity contribution in [3.05, 3.63) is 24.4 Å². The molecular formula is C15H16N6O2. The number of nitrogen functional groups attached to an aromatic ring is 2. The van der Waals surface area contributed by atoms with Crippen molar-refractivity contribution < 1.29 is 9.47 Å². The molecule has 0 bridgehead atoms. The van der Waals surface area contributed by atoms with Crippen molar-refractivity contribution in [1.82, 2.24) is 19.9 Å². The second kappa shape index (κ2) is 5.91. The van der Waals surface area contributed by atoms with E-state index >= 15 is 0 Å². The summed E-state index contributed by atoms with van der Waals surface area (Å²) in [6, 6.07) is 5.39. The van der Waals surface area contributed by atoms with Gasteiger partial charge in [-0.3, -0.25) is 0 Å². The molecule has 0 aliphatic carbocycles. The predicted molar refractivity (Wildman–Crippen MR) is 87.1 cm³/mol. The quantitative estimate of drug-likeness (QED) is 0.697. The van der Waals surface area contributed by atoms with E-state index in [0.29, 0.717) is 40.8 Å². The third-order valence-electron chi connectivity index (χ3n) is 3.20. The lowest BCUT2D eigenvalue weighted by atomic mass is 10.1. The highest BCUT2D eigenvalue weighted by Crippen LogP contribution is 2.29. The lowest BCUT2D eigenvalue weighted by Gasteiger charge is -2.09.